The largest absolute Gasteiger partial charge is 0.390 e. The van der Waals surface area contributed by atoms with Gasteiger partial charge in [-0.2, -0.15) is 0 Å². The van der Waals surface area contributed by atoms with E-state index in [9.17, 15) is 10.2 Å². The van der Waals surface area contributed by atoms with Gasteiger partial charge in [0.25, 0.3) is 0 Å². The van der Waals surface area contributed by atoms with E-state index in [1.54, 1.807) is 0 Å². The zero-order valence-corrected chi connectivity index (χ0v) is 11.2. The van der Waals surface area contributed by atoms with Crippen molar-refractivity contribution in [3.05, 3.63) is 23.8 Å². The molecule has 0 aromatic carbocycles. The average Bonchev–Trinajstić information content (AvgIpc) is 2.37. The lowest BCUT2D eigenvalue weighted by Crippen LogP contribution is -2.31. The van der Waals surface area contributed by atoms with E-state index in [0.29, 0.717) is 5.92 Å². The quantitative estimate of drug-likeness (QED) is 0.687. The van der Waals surface area contributed by atoms with Crippen LogP contribution in [0, 0.1) is 11.8 Å². The van der Waals surface area contributed by atoms with Gasteiger partial charge in [-0.3, -0.25) is 0 Å². The van der Waals surface area contributed by atoms with E-state index in [2.05, 4.69) is 12.7 Å². The summed E-state index contributed by atoms with van der Waals surface area (Å²) in [6, 6.07) is 0. The summed E-state index contributed by atoms with van der Waals surface area (Å²) in [7, 11) is 0. The third-order valence-electron chi connectivity index (χ3n) is 4.52. The Labute approximate surface area is 104 Å². The van der Waals surface area contributed by atoms with Gasteiger partial charge in [-0.05, 0) is 57.9 Å². The normalized spacial score (nSPS) is 38.6. The maximum Gasteiger partial charge on any atom is 0.0800 e. The molecule has 2 rings (SSSR count). The number of fused-ring (bicyclic) bond motifs is 1. The van der Waals surface area contributed by atoms with E-state index >= 15 is 0 Å². The molecule has 0 amide bonds. The molecule has 0 bridgehead atoms. The fourth-order valence-corrected chi connectivity index (χ4v) is 3.27. The molecule has 1 fully saturated rings. The van der Waals surface area contributed by atoms with Crippen LogP contribution in [0.2, 0.25) is 0 Å². The summed E-state index contributed by atoms with van der Waals surface area (Å²) >= 11 is 0. The Kier molecular flexibility index (Phi) is 2.99. The minimum absolute atomic E-state index is 0.124. The number of hydrogen-bond donors (Lipinski definition) is 2. The maximum absolute atomic E-state index is 10.4. The van der Waals surface area contributed by atoms with Gasteiger partial charge in [0.2, 0.25) is 0 Å². The Bertz CT molecular complexity index is 358. The second kappa shape index (κ2) is 3.96. The topological polar surface area (TPSA) is 40.5 Å². The predicted octanol–water partition coefficient (Wildman–Crippen LogP) is 2.81. The zero-order chi connectivity index (χ0) is 12.8. The number of aliphatic hydroxyl groups is 2. The van der Waals surface area contributed by atoms with Crippen LogP contribution in [-0.2, 0) is 0 Å². The first-order chi connectivity index (χ1) is 7.72. The highest BCUT2D eigenvalue weighted by atomic mass is 16.3. The Morgan fingerprint density at radius 2 is 2.06 bits per heavy atom. The van der Waals surface area contributed by atoms with Crippen molar-refractivity contribution >= 4 is 0 Å². The van der Waals surface area contributed by atoms with Crippen molar-refractivity contribution in [1.29, 1.82) is 0 Å². The predicted molar refractivity (Wildman–Crippen MR) is 69.6 cm³/mol. The van der Waals surface area contributed by atoms with Crippen LogP contribution in [0.4, 0.5) is 0 Å². The van der Waals surface area contributed by atoms with Crippen molar-refractivity contribution in [2.24, 2.45) is 11.8 Å². The van der Waals surface area contributed by atoms with Crippen LogP contribution in [0.15, 0.2) is 23.8 Å². The van der Waals surface area contributed by atoms with E-state index < -0.39 is 11.2 Å². The SMILES string of the molecule is C=C1CCC(C(C)(C)O)=C[C@@H]2[C@@H]1CC[C@@]2(C)O. The van der Waals surface area contributed by atoms with E-state index in [4.69, 9.17) is 0 Å². The molecular weight excluding hydrogens is 212 g/mol. The minimum Gasteiger partial charge on any atom is -0.390 e. The molecule has 0 radical (unpaired) electrons. The monoisotopic (exact) mass is 236 g/mol. The van der Waals surface area contributed by atoms with Crippen LogP contribution < -0.4 is 0 Å². The Balaban J connectivity index is 2.38. The first-order valence-electron chi connectivity index (χ1n) is 6.55. The first kappa shape index (κ1) is 12.8. The molecule has 0 unspecified atom stereocenters. The minimum atomic E-state index is -0.784. The van der Waals surface area contributed by atoms with E-state index in [1.807, 2.05) is 20.8 Å². The van der Waals surface area contributed by atoms with Crippen molar-refractivity contribution in [3.8, 4) is 0 Å². The molecule has 2 aliphatic rings. The standard InChI is InChI=1S/C15H24O2/c1-10-5-6-11(14(2,3)16)9-13-12(10)7-8-15(13,4)17/h9,12-13,16-17H,1,5-8H2,2-4H3/t12-,13-,15-/m1/s1. The molecule has 0 aromatic heterocycles. The van der Waals surface area contributed by atoms with Crippen molar-refractivity contribution in [2.75, 3.05) is 0 Å². The van der Waals surface area contributed by atoms with Crippen molar-refractivity contribution in [2.45, 2.75) is 57.7 Å². The molecule has 1 saturated carbocycles. The summed E-state index contributed by atoms with van der Waals surface area (Å²) in [5.41, 5.74) is 0.860. The van der Waals surface area contributed by atoms with Crippen LogP contribution in [0.5, 0.6) is 0 Å². The van der Waals surface area contributed by atoms with Gasteiger partial charge < -0.3 is 10.2 Å². The molecule has 2 N–H and O–H groups in total. The first-order valence-corrected chi connectivity index (χ1v) is 6.55. The van der Waals surface area contributed by atoms with Crippen molar-refractivity contribution in [3.63, 3.8) is 0 Å². The summed E-state index contributed by atoms with van der Waals surface area (Å²) in [5.74, 6) is 0.517. The number of rotatable bonds is 1. The number of hydrogen-bond acceptors (Lipinski definition) is 2. The van der Waals surface area contributed by atoms with Crippen molar-refractivity contribution in [1.82, 2.24) is 0 Å². The van der Waals surface area contributed by atoms with Crippen LogP contribution >= 0.6 is 0 Å². The van der Waals surface area contributed by atoms with Gasteiger partial charge in [0.1, 0.15) is 0 Å². The lowest BCUT2D eigenvalue weighted by Gasteiger charge is -2.28. The third kappa shape index (κ3) is 2.34. The molecule has 0 aromatic rings. The van der Waals surface area contributed by atoms with Crippen LogP contribution in [-0.4, -0.2) is 21.4 Å². The molecule has 0 heterocycles. The van der Waals surface area contributed by atoms with Gasteiger partial charge in [0, 0.05) is 5.92 Å². The highest BCUT2D eigenvalue weighted by molar-refractivity contribution is 5.27. The Morgan fingerprint density at radius 3 is 2.65 bits per heavy atom. The fourth-order valence-electron chi connectivity index (χ4n) is 3.27. The zero-order valence-electron chi connectivity index (χ0n) is 11.2. The molecule has 2 heteroatoms. The summed E-state index contributed by atoms with van der Waals surface area (Å²) in [6.45, 7) is 9.73. The second-order valence-electron chi connectivity index (χ2n) is 6.44. The second-order valence-corrected chi connectivity index (χ2v) is 6.44. The third-order valence-corrected chi connectivity index (χ3v) is 4.52. The highest BCUT2D eigenvalue weighted by Gasteiger charge is 2.45. The summed E-state index contributed by atoms with van der Waals surface area (Å²) < 4.78 is 0. The van der Waals surface area contributed by atoms with Gasteiger partial charge >= 0.3 is 0 Å². The van der Waals surface area contributed by atoms with Gasteiger partial charge in [0.15, 0.2) is 0 Å². The summed E-state index contributed by atoms with van der Waals surface area (Å²) in [6.07, 6.45) is 5.78. The fraction of sp³-hybridized carbons (Fsp3) is 0.733. The van der Waals surface area contributed by atoms with E-state index in [1.165, 1.54) is 5.57 Å². The summed E-state index contributed by atoms with van der Waals surface area (Å²) in [4.78, 5) is 0. The highest BCUT2D eigenvalue weighted by Crippen LogP contribution is 2.48. The van der Waals surface area contributed by atoms with Crippen LogP contribution in [0.25, 0.3) is 0 Å². The molecular formula is C15H24O2. The Hall–Kier alpha value is -0.600. The summed E-state index contributed by atoms with van der Waals surface area (Å²) in [5, 5.41) is 20.6. The molecule has 0 aliphatic heterocycles. The van der Waals surface area contributed by atoms with Crippen molar-refractivity contribution < 1.29 is 10.2 Å². The lowest BCUT2D eigenvalue weighted by atomic mass is 9.83. The van der Waals surface area contributed by atoms with Gasteiger partial charge in [0.05, 0.1) is 11.2 Å². The molecule has 2 nitrogen and oxygen atoms in total. The molecule has 2 aliphatic carbocycles. The molecule has 3 atom stereocenters. The van der Waals surface area contributed by atoms with Gasteiger partial charge in [-0.15, -0.1) is 0 Å². The number of allylic oxidation sites excluding steroid dienone is 1. The lowest BCUT2D eigenvalue weighted by molar-refractivity contribution is 0.0320. The van der Waals surface area contributed by atoms with E-state index in [-0.39, 0.29) is 5.92 Å². The van der Waals surface area contributed by atoms with Gasteiger partial charge in [-0.1, -0.05) is 18.2 Å². The van der Waals surface area contributed by atoms with Crippen LogP contribution in [0.1, 0.15) is 46.5 Å². The molecule has 96 valence electrons. The maximum atomic E-state index is 10.4. The van der Waals surface area contributed by atoms with Gasteiger partial charge in [-0.25, -0.2) is 0 Å². The Morgan fingerprint density at radius 1 is 1.41 bits per heavy atom. The molecule has 17 heavy (non-hydrogen) atoms. The van der Waals surface area contributed by atoms with E-state index in [0.717, 1.165) is 31.3 Å². The molecule has 0 spiro atoms. The van der Waals surface area contributed by atoms with Crippen LogP contribution in [0.3, 0.4) is 0 Å². The molecule has 0 saturated heterocycles. The smallest absolute Gasteiger partial charge is 0.0800 e. The average molecular weight is 236 g/mol.